The SMILES string of the molecule is SC1CCC(S)NC1. The molecule has 0 aromatic carbocycles. The van der Waals surface area contributed by atoms with Crippen LogP contribution >= 0.6 is 25.3 Å². The van der Waals surface area contributed by atoms with Gasteiger partial charge in [-0.25, -0.2) is 0 Å². The van der Waals surface area contributed by atoms with Crippen LogP contribution in [-0.2, 0) is 0 Å². The minimum absolute atomic E-state index is 0.415. The van der Waals surface area contributed by atoms with Gasteiger partial charge in [-0.2, -0.15) is 25.3 Å². The van der Waals surface area contributed by atoms with Crippen LogP contribution in [0.5, 0.6) is 0 Å². The van der Waals surface area contributed by atoms with Gasteiger partial charge in [-0.3, -0.25) is 0 Å². The molecule has 0 radical (unpaired) electrons. The summed E-state index contributed by atoms with van der Waals surface area (Å²) in [6, 6.07) is 0. The van der Waals surface area contributed by atoms with Crippen molar-refractivity contribution in [3.63, 3.8) is 0 Å². The molecule has 0 aromatic rings. The van der Waals surface area contributed by atoms with Gasteiger partial charge in [0.15, 0.2) is 0 Å². The molecule has 1 aliphatic rings. The van der Waals surface area contributed by atoms with Crippen molar-refractivity contribution < 1.29 is 0 Å². The van der Waals surface area contributed by atoms with E-state index in [4.69, 9.17) is 0 Å². The van der Waals surface area contributed by atoms with Crippen LogP contribution in [0.15, 0.2) is 0 Å². The molecule has 0 aliphatic carbocycles. The van der Waals surface area contributed by atoms with Gasteiger partial charge in [-0.1, -0.05) is 0 Å². The highest BCUT2D eigenvalue weighted by Gasteiger charge is 2.13. The topological polar surface area (TPSA) is 12.0 Å². The molecule has 0 amide bonds. The number of thiol groups is 2. The van der Waals surface area contributed by atoms with E-state index in [2.05, 4.69) is 30.6 Å². The summed E-state index contributed by atoms with van der Waals surface area (Å²) < 4.78 is 0. The molecule has 1 aliphatic heterocycles. The van der Waals surface area contributed by atoms with Crippen LogP contribution in [0.4, 0.5) is 0 Å². The minimum atomic E-state index is 0.415. The third-order valence-electron chi connectivity index (χ3n) is 1.36. The summed E-state index contributed by atoms with van der Waals surface area (Å²) >= 11 is 8.56. The second kappa shape index (κ2) is 2.99. The van der Waals surface area contributed by atoms with Crippen molar-refractivity contribution in [1.82, 2.24) is 5.32 Å². The van der Waals surface area contributed by atoms with Crippen LogP contribution in [0.25, 0.3) is 0 Å². The lowest BCUT2D eigenvalue weighted by Gasteiger charge is -2.23. The Hall–Kier alpha value is 0.660. The maximum Gasteiger partial charge on any atom is 0.0503 e. The standard InChI is InChI=1S/C5H11NS2/c7-4-1-2-5(8)6-3-4/h4-8H,1-3H2. The van der Waals surface area contributed by atoms with Crippen molar-refractivity contribution >= 4 is 25.3 Å². The first-order chi connectivity index (χ1) is 3.79. The molecule has 1 rings (SSSR count). The van der Waals surface area contributed by atoms with E-state index in [9.17, 15) is 0 Å². The Morgan fingerprint density at radius 2 is 2.00 bits per heavy atom. The smallest absolute Gasteiger partial charge is 0.0503 e. The maximum absolute atomic E-state index is 4.31. The highest BCUT2D eigenvalue weighted by Crippen LogP contribution is 2.13. The Balaban J connectivity index is 2.19. The molecule has 0 saturated carbocycles. The van der Waals surface area contributed by atoms with Crippen LogP contribution in [0.2, 0.25) is 0 Å². The van der Waals surface area contributed by atoms with Crippen LogP contribution in [0, 0.1) is 0 Å². The summed E-state index contributed by atoms with van der Waals surface area (Å²) in [5.41, 5.74) is 0. The van der Waals surface area contributed by atoms with Gasteiger partial charge in [0, 0.05) is 11.8 Å². The van der Waals surface area contributed by atoms with Crippen LogP contribution in [0.3, 0.4) is 0 Å². The van der Waals surface area contributed by atoms with Gasteiger partial charge in [0.25, 0.3) is 0 Å². The summed E-state index contributed by atoms with van der Waals surface area (Å²) in [7, 11) is 0. The number of rotatable bonds is 0. The Kier molecular flexibility index (Phi) is 2.53. The number of hydrogen-bond donors (Lipinski definition) is 3. The molecule has 2 atom stereocenters. The normalized spacial score (nSPS) is 39.8. The molecule has 48 valence electrons. The zero-order valence-electron chi connectivity index (χ0n) is 4.67. The Morgan fingerprint density at radius 1 is 1.25 bits per heavy atom. The molecule has 1 nitrogen and oxygen atoms in total. The molecule has 8 heavy (non-hydrogen) atoms. The van der Waals surface area contributed by atoms with Crippen molar-refractivity contribution in [3.05, 3.63) is 0 Å². The predicted octanol–water partition coefficient (Wildman–Crippen LogP) is 0.924. The zero-order valence-corrected chi connectivity index (χ0v) is 6.46. The first-order valence-electron chi connectivity index (χ1n) is 2.88. The second-order valence-electron chi connectivity index (χ2n) is 2.16. The lowest BCUT2D eigenvalue weighted by molar-refractivity contribution is 0.506. The highest BCUT2D eigenvalue weighted by atomic mass is 32.1. The van der Waals surface area contributed by atoms with Crippen LogP contribution in [-0.4, -0.2) is 17.2 Å². The summed E-state index contributed by atoms with van der Waals surface area (Å²) in [5, 5.41) is 4.19. The molecule has 1 heterocycles. The Labute approximate surface area is 61.1 Å². The van der Waals surface area contributed by atoms with Gasteiger partial charge in [0.2, 0.25) is 0 Å². The number of hydrogen-bond acceptors (Lipinski definition) is 3. The molecule has 1 saturated heterocycles. The van der Waals surface area contributed by atoms with Crippen molar-refractivity contribution in [2.75, 3.05) is 6.54 Å². The minimum Gasteiger partial charge on any atom is -0.304 e. The van der Waals surface area contributed by atoms with E-state index in [0.29, 0.717) is 10.6 Å². The quantitative estimate of drug-likeness (QED) is 0.435. The molecule has 0 aromatic heterocycles. The van der Waals surface area contributed by atoms with Gasteiger partial charge in [-0.15, -0.1) is 0 Å². The summed E-state index contributed by atoms with van der Waals surface area (Å²) in [6.07, 6.45) is 2.35. The first-order valence-corrected chi connectivity index (χ1v) is 3.92. The lowest BCUT2D eigenvalue weighted by atomic mass is 10.2. The van der Waals surface area contributed by atoms with Gasteiger partial charge in [-0.05, 0) is 12.8 Å². The van der Waals surface area contributed by atoms with E-state index in [1.165, 1.54) is 6.42 Å². The highest BCUT2D eigenvalue weighted by molar-refractivity contribution is 7.81. The molecule has 1 N–H and O–H groups in total. The molecule has 1 fully saturated rings. The predicted molar refractivity (Wildman–Crippen MR) is 42.8 cm³/mol. The zero-order chi connectivity index (χ0) is 5.98. The largest absolute Gasteiger partial charge is 0.304 e. The fourth-order valence-corrected chi connectivity index (χ4v) is 1.34. The fraction of sp³-hybridized carbons (Fsp3) is 1.00. The monoisotopic (exact) mass is 149 g/mol. The Morgan fingerprint density at radius 3 is 2.38 bits per heavy atom. The van der Waals surface area contributed by atoms with Gasteiger partial charge >= 0.3 is 0 Å². The van der Waals surface area contributed by atoms with Crippen molar-refractivity contribution in [2.24, 2.45) is 0 Å². The van der Waals surface area contributed by atoms with E-state index in [0.717, 1.165) is 13.0 Å². The van der Waals surface area contributed by atoms with E-state index in [-0.39, 0.29) is 0 Å². The van der Waals surface area contributed by atoms with Crippen LogP contribution in [0.1, 0.15) is 12.8 Å². The molecule has 3 heteroatoms. The van der Waals surface area contributed by atoms with E-state index >= 15 is 0 Å². The van der Waals surface area contributed by atoms with Crippen LogP contribution < -0.4 is 5.32 Å². The molecular weight excluding hydrogens is 138 g/mol. The summed E-state index contributed by atoms with van der Waals surface area (Å²) in [4.78, 5) is 0. The average molecular weight is 149 g/mol. The van der Waals surface area contributed by atoms with E-state index in [1.807, 2.05) is 0 Å². The summed E-state index contributed by atoms with van der Waals surface area (Å²) in [6.45, 7) is 1.01. The summed E-state index contributed by atoms with van der Waals surface area (Å²) in [5.74, 6) is 0. The molecule has 2 unspecified atom stereocenters. The van der Waals surface area contributed by atoms with Crippen molar-refractivity contribution in [1.29, 1.82) is 0 Å². The fourth-order valence-electron chi connectivity index (χ4n) is 0.826. The molecule has 0 spiro atoms. The molecular formula is C5H11NS2. The average Bonchev–Trinajstić information content (AvgIpc) is 1.77. The first kappa shape index (κ1) is 6.78. The lowest BCUT2D eigenvalue weighted by Crippen LogP contribution is -2.35. The van der Waals surface area contributed by atoms with Crippen molar-refractivity contribution in [3.8, 4) is 0 Å². The third-order valence-corrected chi connectivity index (χ3v) is 2.24. The number of nitrogens with one attached hydrogen (secondary N) is 1. The second-order valence-corrected chi connectivity index (χ2v) is 3.51. The number of piperidine rings is 1. The van der Waals surface area contributed by atoms with E-state index < -0.39 is 0 Å². The third kappa shape index (κ3) is 1.88. The molecule has 0 bridgehead atoms. The maximum atomic E-state index is 4.31. The Bertz CT molecular complexity index is 58.8. The van der Waals surface area contributed by atoms with Gasteiger partial charge in [0.1, 0.15) is 0 Å². The van der Waals surface area contributed by atoms with Gasteiger partial charge < -0.3 is 5.32 Å². The van der Waals surface area contributed by atoms with Gasteiger partial charge in [0.05, 0.1) is 5.37 Å². The van der Waals surface area contributed by atoms with Crippen molar-refractivity contribution in [2.45, 2.75) is 23.5 Å². The van der Waals surface area contributed by atoms with E-state index in [1.54, 1.807) is 0 Å².